The molecule has 138 valence electrons. The Morgan fingerprint density at radius 1 is 1.15 bits per heavy atom. The van der Waals surface area contributed by atoms with E-state index in [1.165, 1.54) is 0 Å². The van der Waals surface area contributed by atoms with Crippen molar-refractivity contribution in [2.75, 3.05) is 14.2 Å². The van der Waals surface area contributed by atoms with E-state index in [0.29, 0.717) is 22.8 Å². The minimum Gasteiger partial charge on any atom is -0.497 e. The van der Waals surface area contributed by atoms with E-state index in [4.69, 9.17) is 9.47 Å². The van der Waals surface area contributed by atoms with Gasteiger partial charge in [0, 0.05) is 10.0 Å². The van der Waals surface area contributed by atoms with E-state index >= 15 is 0 Å². The van der Waals surface area contributed by atoms with Gasteiger partial charge in [-0.2, -0.15) is 10.2 Å². The van der Waals surface area contributed by atoms with E-state index in [0.717, 1.165) is 10.0 Å². The van der Waals surface area contributed by atoms with Gasteiger partial charge < -0.3 is 9.47 Å². The number of H-pyrrole nitrogens is 1. The molecule has 2 aromatic carbocycles. The van der Waals surface area contributed by atoms with Crippen LogP contribution >= 0.6 is 15.9 Å². The van der Waals surface area contributed by atoms with Crippen molar-refractivity contribution in [2.45, 2.75) is 0 Å². The molecule has 0 aliphatic rings. The number of rotatable bonds is 6. The Kier molecular flexibility index (Phi) is 5.87. The van der Waals surface area contributed by atoms with Crippen LogP contribution in [0.5, 0.6) is 11.5 Å². The van der Waals surface area contributed by atoms with Crippen LogP contribution in [0.15, 0.2) is 58.1 Å². The Labute approximate surface area is 164 Å². The lowest BCUT2D eigenvalue weighted by molar-refractivity contribution is 0.0950. The largest absolute Gasteiger partial charge is 0.497 e. The summed E-state index contributed by atoms with van der Waals surface area (Å²) in [7, 11) is 3.15. The minimum absolute atomic E-state index is 0.280. The van der Waals surface area contributed by atoms with E-state index in [1.807, 2.05) is 24.3 Å². The van der Waals surface area contributed by atoms with Gasteiger partial charge in [0.1, 0.15) is 17.2 Å². The maximum atomic E-state index is 12.3. The Hall–Kier alpha value is -3.13. The highest BCUT2D eigenvalue weighted by Gasteiger charge is 2.14. The van der Waals surface area contributed by atoms with Crippen molar-refractivity contribution < 1.29 is 14.3 Å². The molecule has 8 heteroatoms. The number of hydrazone groups is 1. The van der Waals surface area contributed by atoms with Gasteiger partial charge in [0.25, 0.3) is 5.91 Å². The second-order valence-electron chi connectivity index (χ2n) is 5.48. The van der Waals surface area contributed by atoms with E-state index in [9.17, 15) is 4.79 Å². The number of benzene rings is 2. The van der Waals surface area contributed by atoms with Gasteiger partial charge in [-0.15, -0.1) is 0 Å². The highest BCUT2D eigenvalue weighted by Crippen LogP contribution is 2.32. The smallest absolute Gasteiger partial charge is 0.289 e. The molecular weight excluding hydrogens is 412 g/mol. The van der Waals surface area contributed by atoms with Crippen LogP contribution in [0, 0.1) is 0 Å². The van der Waals surface area contributed by atoms with E-state index in [2.05, 4.69) is 36.7 Å². The lowest BCUT2D eigenvalue weighted by Crippen LogP contribution is -2.17. The zero-order valence-electron chi connectivity index (χ0n) is 14.7. The molecule has 0 radical (unpaired) electrons. The molecule has 0 spiro atoms. The van der Waals surface area contributed by atoms with Gasteiger partial charge >= 0.3 is 0 Å². The topological polar surface area (TPSA) is 88.6 Å². The third kappa shape index (κ3) is 4.53. The van der Waals surface area contributed by atoms with Crippen molar-refractivity contribution in [3.8, 4) is 22.8 Å². The van der Waals surface area contributed by atoms with Crippen molar-refractivity contribution in [1.82, 2.24) is 15.6 Å². The fourth-order valence-electron chi connectivity index (χ4n) is 2.36. The molecule has 0 saturated heterocycles. The van der Waals surface area contributed by atoms with Gasteiger partial charge in [0.2, 0.25) is 0 Å². The summed E-state index contributed by atoms with van der Waals surface area (Å²) in [4.78, 5) is 12.3. The molecule has 2 N–H and O–H groups in total. The first-order chi connectivity index (χ1) is 13.1. The maximum Gasteiger partial charge on any atom is 0.289 e. The average Bonchev–Trinajstić information content (AvgIpc) is 3.19. The Bertz CT molecular complexity index is 967. The second kappa shape index (κ2) is 8.50. The molecule has 1 heterocycles. The van der Waals surface area contributed by atoms with Gasteiger partial charge in [0.15, 0.2) is 0 Å². The summed E-state index contributed by atoms with van der Waals surface area (Å²) >= 11 is 3.37. The normalized spacial score (nSPS) is 10.8. The number of methoxy groups -OCH3 is 2. The van der Waals surface area contributed by atoms with Crippen molar-refractivity contribution in [3.05, 3.63) is 64.3 Å². The number of halogens is 1. The number of ether oxygens (including phenoxy) is 2. The molecule has 0 bridgehead atoms. The third-order valence-corrected chi connectivity index (χ3v) is 4.28. The number of nitrogens with zero attached hydrogens (tertiary/aromatic N) is 2. The van der Waals surface area contributed by atoms with Crippen LogP contribution in [-0.2, 0) is 0 Å². The first-order valence-electron chi connectivity index (χ1n) is 7.97. The zero-order chi connectivity index (χ0) is 19.2. The van der Waals surface area contributed by atoms with Crippen LogP contribution in [0.25, 0.3) is 11.3 Å². The van der Waals surface area contributed by atoms with Crippen LogP contribution in [0.2, 0.25) is 0 Å². The molecule has 0 atom stereocenters. The molecule has 1 aromatic heterocycles. The summed E-state index contributed by atoms with van der Waals surface area (Å²) in [5.41, 5.74) is 4.89. The van der Waals surface area contributed by atoms with Crippen molar-refractivity contribution in [2.24, 2.45) is 5.10 Å². The summed E-state index contributed by atoms with van der Waals surface area (Å²) in [6.07, 6.45) is 1.56. The molecule has 7 nitrogen and oxygen atoms in total. The maximum absolute atomic E-state index is 12.3. The van der Waals surface area contributed by atoms with Crippen LogP contribution in [-0.4, -0.2) is 36.5 Å². The van der Waals surface area contributed by atoms with Gasteiger partial charge in [-0.05, 0) is 42.0 Å². The Morgan fingerprint density at radius 3 is 2.63 bits per heavy atom. The molecule has 0 fully saturated rings. The highest BCUT2D eigenvalue weighted by molar-refractivity contribution is 9.10. The van der Waals surface area contributed by atoms with E-state index < -0.39 is 5.91 Å². The monoisotopic (exact) mass is 428 g/mol. The number of hydrogen-bond acceptors (Lipinski definition) is 5. The van der Waals surface area contributed by atoms with Crippen LogP contribution in [0.3, 0.4) is 0 Å². The molecule has 0 unspecified atom stereocenters. The zero-order valence-corrected chi connectivity index (χ0v) is 16.3. The van der Waals surface area contributed by atoms with Gasteiger partial charge in [-0.3, -0.25) is 9.89 Å². The number of nitrogens with one attached hydrogen (secondary N) is 2. The summed E-state index contributed by atoms with van der Waals surface area (Å²) < 4.78 is 11.6. The number of hydrogen-bond donors (Lipinski definition) is 2. The molecule has 1 amide bonds. The predicted octanol–water partition coefficient (Wildman–Crippen LogP) is 3.62. The van der Waals surface area contributed by atoms with Gasteiger partial charge in [-0.1, -0.05) is 28.1 Å². The number of carbonyl (C=O) groups is 1. The van der Waals surface area contributed by atoms with Crippen molar-refractivity contribution >= 4 is 28.1 Å². The van der Waals surface area contributed by atoms with Crippen LogP contribution < -0.4 is 14.9 Å². The Morgan fingerprint density at radius 2 is 1.93 bits per heavy atom. The quantitative estimate of drug-likeness (QED) is 0.463. The predicted molar refractivity (Wildman–Crippen MR) is 106 cm³/mol. The van der Waals surface area contributed by atoms with E-state index in [-0.39, 0.29) is 5.69 Å². The molecule has 0 aliphatic carbocycles. The number of carbonyl (C=O) groups excluding carboxylic acids is 1. The summed E-state index contributed by atoms with van der Waals surface area (Å²) in [5.74, 6) is 0.894. The fourth-order valence-corrected chi connectivity index (χ4v) is 2.63. The van der Waals surface area contributed by atoms with Gasteiger partial charge in [0.05, 0.1) is 26.1 Å². The van der Waals surface area contributed by atoms with Crippen LogP contribution in [0.4, 0.5) is 0 Å². The highest BCUT2D eigenvalue weighted by atomic mass is 79.9. The fraction of sp³-hybridized carbons (Fsp3) is 0.105. The first kappa shape index (κ1) is 18.7. The summed E-state index contributed by atoms with van der Waals surface area (Å²) in [5, 5.41) is 10.9. The summed E-state index contributed by atoms with van der Waals surface area (Å²) in [6.45, 7) is 0. The molecule has 3 aromatic rings. The van der Waals surface area contributed by atoms with Crippen molar-refractivity contribution in [3.63, 3.8) is 0 Å². The van der Waals surface area contributed by atoms with Crippen LogP contribution in [0.1, 0.15) is 16.1 Å². The first-order valence-corrected chi connectivity index (χ1v) is 8.77. The molecule has 0 aliphatic heterocycles. The number of aromatic amines is 1. The number of aromatic nitrogens is 2. The summed E-state index contributed by atoms with van der Waals surface area (Å²) in [6, 6.07) is 14.5. The lowest BCUT2D eigenvalue weighted by atomic mass is 10.1. The lowest BCUT2D eigenvalue weighted by Gasteiger charge is -2.08. The average molecular weight is 429 g/mol. The molecule has 3 rings (SSSR count). The van der Waals surface area contributed by atoms with Gasteiger partial charge in [-0.25, -0.2) is 5.43 Å². The standard InChI is InChI=1S/C19H17BrN4O3/c1-26-14-7-8-18(27-2)15(9-14)16-10-17(23-22-16)19(25)24-21-11-12-3-5-13(20)6-4-12/h3-11H,1-2H3,(H,22,23)(H,24,25). The minimum atomic E-state index is -0.399. The molecule has 0 saturated carbocycles. The SMILES string of the molecule is COc1ccc(OC)c(-c2cc(C(=O)NN=Cc3ccc(Br)cc3)[nH]n2)c1. The number of amides is 1. The Balaban J connectivity index is 1.73. The molecule has 27 heavy (non-hydrogen) atoms. The van der Waals surface area contributed by atoms with E-state index in [1.54, 1.807) is 44.7 Å². The van der Waals surface area contributed by atoms with Crippen molar-refractivity contribution in [1.29, 1.82) is 0 Å². The molecular formula is C19H17BrN4O3. The second-order valence-corrected chi connectivity index (χ2v) is 6.40. The third-order valence-electron chi connectivity index (χ3n) is 3.75.